The van der Waals surface area contributed by atoms with Crippen LogP contribution in [-0.4, -0.2) is 5.97 Å². The summed E-state index contributed by atoms with van der Waals surface area (Å²) >= 11 is 5.79. The first-order chi connectivity index (χ1) is 6.72. The number of hydrogen-bond donors (Lipinski definition) is 0. The minimum Gasteiger partial charge on any atom is -0.453 e. The van der Waals surface area contributed by atoms with Gasteiger partial charge < -0.3 is 4.74 Å². The zero-order chi connectivity index (χ0) is 10.1. The number of carbonyl (C=O) groups excluding carboxylic acids is 1. The molecule has 0 bridgehead atoms. The molecule has 0 spiro atoms. The maximum atomic E-state index is 11.3. The largest absolute Gasteiger partial charge is 0.453 e. The molecule has 1 unspecified atom stereocenters. The van der Waals surface area contributed by atoms with E-state index in [0.29, 0.717) is 16.1 Å². The molecule has 1 atom stereocenters. The van der Waals surface area contributed by atoms with E-state index in [0.717, 1.165) is 0 Å². The van der Waals surface area contributed by atoms with Gasteiger partial charge in [0.15, 0.2) is 0 Å². The number of cyclic esters (lactones) is 1. The van der Waals surface area contributed by atoms with Crippen LogP contribution in [0.4, 0.5) is 0 Å². The van der Waals surface area contributed by atoms with Crippen LogP contribution in [0.25, 0.3) is 0 Å². The average Bonchev–Trinajstić information content (AvgIpc) is 2.44. The molecular formula is C10H6ClNO2. The van der Waals surface area contributed by atoms with E-state index >= 15 is 0 Å². The number of benzene rings is 1. The van der Waals surface area contributed by atoms with Crippen LogP contribution < -0.4 is 0 Å². The Morgan fingerprint density at radius 2 is 2.36 bits per heavy atom. The van der Waals surface area contributed by atoms with Gasteiger partial charge >= 0.3 is 5.97 Å². The van der Waals surface area contributed by atoms with Gasteiger partial charge in [0.2, 0.25) is 0 Å². The number of nitrogens with zero attached hydrogens (tertiary/aromatic N) is 1. The molecule has 0 amide bonds. The third kappa shape index (κ3) is 1.34. The first-order valence-electron chi connectivity index (χ1n) is 4.10. The maximum absolute atomic E-state index is 11.3. The van der Waals surface area contributed by atoms with E-state index in [1.807, 2.05) is 6.07 Å². The van der Waals surface area contributed by atoms with Crippen molar-refractivity contribution >= 4 is 17.6 Å². The Hall–Kier alpha value is -1.53. The Labute approximate surface area is 85.9 Å². The molecule has 0 saturated carbocycles. The fourth-order valence-electron chi connectivity index (χ4n) is 1.48. The van der Waals surface area contributed by atoms with E-state index in [1.165, 1.54) is 0 Å². The second-order valence-corrected chi connectivity index (χ2v) is 3.42. The molecule has 0 N–H and O–H groups in total. The monoisotopic (exact) mass is 207 g/mol. The quantitative estimate of drug-likeness (QED) is 0.665. The van der Waals surface area contributed by atoms with Crippen molar-refractivity contribution in [3.8, 4) is 6.07 Å². The van der Waals surface area contributed by atoms with E-state index in [9.17, 15) is 4.79 Å². The summed E-state index contributed by atoms with van der Waals surface area (Å²) in [4.78, 5) is 11.3. The zero-order valence-electron chi connectivity index (χ0n) is 7.16. The van der Waals surface area contributed by atoms with Crippen molar-refractivity contribution < 1.29 is 9.53 Å². The minimum atomic E-state index is -0.457. The molecule has 0 aliphatic carbocycles. The molecule has 1 aliphatic heterocycles. The minimum absolute atomic E-state index is 0.166. The van der Waals surface area contributed by atoms with Crippen LogP contribution in [0.3, 0.4) is 0 Å². The molecule has 70 valence electrons. The molecule has 0 saturated heterocycles. The number of fused-ring (bicyclic) bond motifs is 1. The zero-order valence-corrected chi connectivity index (χ0v) is 7.91. The summed E-state index contributed by atoms with van der Waals surface area (Å²) in [6, 6.07) is 6.90. The topological polar surface area (TPSA) is 50.1 Å². The lowest BCUT2D eigenvalue weighted by Gasteiger charge is -2.04. The fraction of sp³-hybridized carbons (Fsp3) is 0.200. The standard InChI is InChI=1S/C10H6ClNO2/c11-6-1-2-7-8(5-6)9(3-4-12)14-10(7)13/h1-2,5,9H,3H2. The van der Waals surface area contributed by atoms with Gasteiger partial charge in [-0.3, -0.25) is 0 Å². The highest BCUT2D eigenvalue weighted by atomic mass is 35.5. The van der Waals surface area contributed by atoms with E-state index in [4.69, 9.17) is 21.6 Å². The third-order valence-electron chi connectivity index (χ3n) is 2.11. The van der Waals surface area contributed by atoms with Crippen molar-refractivity contribution in [3.05, 3.63) is 34.3 Å². The molecule has 0 aromatic heterocycles. The van der Waals surface area contributed by atoms with Crippen molar-refractivity contribution in [2.24, 2.45) is 0 Å². The van der Waals surface area contributed by atoms with Crippen molar-refractivity contribution in [2.75, 3.05) is 0 Å². The number of carbonyl (C=O) groups is 1. The molecular weight excluding hydrogens is 202 g/mol. The summed E-state index contributed by atoms with van der Waals surface area (Å²) in [7, 11) is 0. The van der Waals surface area contributed by atoms with Crippen LogP contribution in [0.5, 0.6) is 0 Å². The molecule has 0 radical (unpaired) electrons. The Balaban J connectivity index is 2.46. The van der Waals surface area contributed by atoms with Crippen LogP contribution in [0.1, 0.15) is 28.4 Å². The second-order valence-electron chi connectivity index (χ2n) is 2.99. The normalized spacial score (nSPS) is 18.6. The predicted molar refractivity (Wildman–Crippen MR) is 49.8 cm³/mol. The molecule has 1 aromatic carbocycles. The van der Waals surface area contributed by atoms with E-state index in [2.05, 4.69) is 0 Å². The molecule has 1 heterocycles. The molecule has 0 fully saturated rings. The van der Waals surface area contributed by atoms with Crippen LogP contribution in [-0.2, 0) is 4.74 Å². The number of ether oxygens (including phenoxy) is 1. The van der Waals surface area contributed by atoms with E-state index in [-0.39, 0.29) is 12.4 Å². The highest BCUT2D eigenvalue weighted by Crippen LogP contribution is 2.34. The Morgan fingerprint density at radius 3 is 3.07 bits per heavy atom. The summed E-state index contributed by atoms with van der Waals surface area (Å²) in [6.07, 6.45) is -0.291. The number of hydrogen-bond acceptors (Lipinski definition) is 3. The number of rotatable bonds is 1. The summed E-state index contributed by atoms with van der Waals surface area (Å²) in [5.74, 6) is -0.378. The maximum Gasteiger partial charge on any atom is 0.339 e. The number of esters is 1. The van der Waals surface area contributed by atoms with Gasteiger partial charge in [0.25, 0.3) is 0 Å². The number of halogens is 1. The van der Waals surface area contributed by atoms with Gasteiger partial charge in [0.05, 0.1) is 18.1 Å². The van der Waals surface area contributed by atoms with Crippen molar-refractivity contribution in [3.63, 3.8) is 0 Å². The Bertz CT molecular complexity index is 436. The lowest BCUT2D eigenvalue weighted by Crippen LogP contribution is -1.96. The molecule has 1 aromatic rings. The van der Waals surface area contributed by atoms with Gasteiger partial charge in [-0.25, -0.2) is 4.79 Å². The molecule has 1 aliphatic rings. The molecule has 14 heavy (non-hydrogen) atoms. The summed E-state index contributed by atoms with van der Waals surface area (Å²) < 4.78 is 5.01. The van der Waals surface area contributed by atoms with Crippen molar-refractivity contribution in [2.45, 2.75) is 12.5 Å². The predicted octanol–water partition coefficient (Wildman–Crippen LogP) is 2.47. The van der Waals surface area contributed by atoms with E-state index < -0.39 is 6.10 Å². The van der Waals surface area contributed by atoms with Gasteiger partial charge in [-0.05, 0) is 18.2 Å². The highest BCUT2D eigenvalue weighted by molar-refractivity contribution is 6.30. The van der Waals surface area contributed by atoms with Gasteiger partial charge in [-0.2, -0.15) is 5.26 Å². The summed E-state index contributed by atoms with van der Waals surface area (Å²) in [5, 5.41) is 9.08. The third-order valence-corrected chi connectivity index (χ3v) is 2.34. The number of nitriles is 1. The van der Waals surface area contributed by atoms with Gasteiger partial charge in [-0.15, -0.1) is 0 Å². The lowest BCUT2D eigenvalue weighted by atomic mass is 10.0. The molecule has 4 heteroatoms. The summed E-state index contributed by atoms with van der Waals surface area (Å²) in [6.45, 7) is 0. The van der Waals surface area contributed by atoms with Crippen molar-refractivity contribution in [1.29, 1.82) is 5.26 Å². The highest BCUT2D eigenvalue weighted by Gasteiger charge is 2.30. The molecule has 3 nitrogen and oxygen atoms in total. The van der Waals surface area contributed by atoms with Gasteiger partial charge in [-0.1, -0.05) is 11.6 Å². The first kappa shape index (κ1) is 9.04. The fourth-order valence-corrected chi connectivity index (χ4v) is 1.66. The van der Waals surface area contributed by atoms with Gasteiger partial charge in [0.1, 0.15) is 6.10 Å². The second kappa shape index (κ2) is 3.32. The van der Waals surface area contributed by atoms with Crippen LogP contribution in [0, 0.1) is 11.3 Å². The van der Waals surface area contributed by atoms with Crippen LogP contribution in [0.15, 0.2) is 18.2 Å². The lowest BCUT2D eigenvalue weighted by molar-refractivity contribution is 0.0395. The van der Waals surface area contributed by atoms with Crippen molar-refractivity contribution in [1.82, 2.24) is 0 Å². The van der Waals surface area contributed by atoms with Crippen LogP contribution >= 0.6 is 11.6 Å². The summed E-state index contributed by atoms with van der Waals surface area (Å²) in [5.41, 5.74) is 1.22. The Kier molecular flexibility index (Phi) is 2.14. The SMILES string of the molecule is N#CCC1OC(=O)c2ccc(Cl)cc21. The average molecular weight is 208 g/mol. The van der Waals surface area contributed by atoms with E-state index in [1.54, 1.807) is 18.2 Å². The van der Waals surface area contributed by atoms with Gasteiger partial charge in [0, 0.05) is 10.6 Å². The van der Waals surface area contributed by atoms with Crippen LogP contribution in [0.2, 0.25) is 5.02 Å². The molecule has 2 rings (SSSR count). The smallest absolute Gasteiger partial charge is 0.339 e. The first-order valence-corrected chi connectivity index (χ1v) is 4.47. The Morgan fingerprint density at radius 1 is 1.57 bits per heavy atom.